The minimum atomic E-state index is -3.71. The Kier molecular flexibility index (Phi) is 3.98. The van der Waals surface area contributed by atoms with E-state index in [1.165, 1.54) is 24.4 Å². The van der Waals surface area contributed by atoms with Crippen molar-refractivity contribution in [1.29, 1.82) is 0 Å². The number of halogens is 1. The van der Waals surface area contributed by atoms with Crippen LogP contribution >= 0.6 is 11.6 Å². The van der Waals surface area contributed by atoms with Crippen LogP contribution in [0.4, 0.5) is 5.69 Å². The van der Waals surface area contributed by atoms with Crippen LogP contribution in [0.15, 0.2) is 41.4 Å². The molecule has 0 saturated carbocycles. The lowest BCUT2D eigenvalue weighted by Crippen LogP contribution is -2.24. The molecule has 1 aromatic carbocycles. The Labute approximate surface area is 115 Å². The van der Waals surface area contributed by atoms with Gasteiger partial charge in [-0.3, -0.25) is 0 Å². The molecule has 0 spiro atoms. The van der Waals surface area contributed by atoms with Gasteiger partial charge in [-0.2, -0.15) is 10.2 Å². The van der Waals surface area contributed by atoms with Crippen LogP contribution in [0.25, 0.3) is 0 Å². The summed E-state index contributed by atoms with van der Waals surface area (Å²) in [6, 6.07) is 7.56. The minimum Gasteiger partial charge on any atom is -0.399 e. The highest BCUT2D eigenvalue weighted by Crippen LogP contribution is 2.23. The molecule has 0 saturated heterocycles. The highest BCUT2D eigenvalue weighted by molar-refractivity contribution is 7.89. The number of nitrogens with one attached hydrogen (secondary N) is 1. The predicted octanol–water partition coefficient (Wildman–Crippen LogP) is 1.19. The molecule has 8 heteroatoms. The number of hydrogen-bond donors (Lipinski definition) is 2. The first-order valence-electron chi connectivity index (χ1n) is 5.30. The molecule has 6 nitrogen and oxygen atoms in total. The third-order valence-corrected chi connectivity index (χ3v) is 4.20. The van der Waals surface area contributed by atoms with Gasteiger partial charge in [-0.1, -0.05) is 11.6 Å². The van der Waals surface area contributed by atoms with Crippen LogP contribution in [0.2, 0.25) is 5.02 Å². The molecule has 0 amide bonds. The summed E-state index contributed by atoms with van der Waals surface area (Å²) in [5.41, 5.74) is 6.43. The fourth-order valence-electron chi connectivity index (χ4n) is 1.41. The van der Waals surface area contributed by atoms with E-state index in [9.17, 15) is 8.42 Å². The molecule has 0 atom stereocenters. The maximum absolute atomic E-state index is 12.1. The van der Waals surface area contributed by atoms with E-state index in [2.05, 4.69) is 14.9 Å². The van der Waals surface area contributed by atoms with E-state index in [0.29, 0.717) is 11.4 Å². The molecule has 2 rings (SSSR count). The van der Waals surface area contributed by atoms with Crippen molar-refractivity contribution in [2.24, 2.45) is 0 Å². The molecule has 1 aromatic heterocycles. The van der Waals surface area contributed by atoms with Crippen molar-refractivity contribution in [1.82, 2.24) is 14.9 Å². The topological polar surface area (TPSA) is 98.0 Å². The van der Waals surface area contributed by atoms with Gasteiger partial charge in [0.2, 0.25) is 10.0 Å². The van der Waals surface area contributed by atoms with Gasteiger partial charge in [0.1, 0.15) is 4.90 Å². The number of nitrogen functional groups attached to an aromatic ring is 1. The van der Waals surface area contributed by atoms with Crippen LogP contribution in [0.1, 0.15) is 5.69 Å². The fourth-order valence-corrected chi connectivity index (χ4v) is 2.96. The normalized spacial score (nSPS) is 11.4. The molecule has 2 aromatic rings. The van der Waals surface area contributed by atoms with Crippen molar-refractivity contribution in [3.8, 4) is 0 Å². The smallest absolute Gasteiger partial charge is 0.242 e. The summed E-state index contributed by atoms with van der Waals surface area (Å²) >= 11 is 5.87. The van der Waals surface area contributed by atoms with Gasteiger partial charge in [-0.25, -0.2) is 13.1 Å². The van der Waals surface area contributed by atoms with Gasteiger partial charge in [-0.05, 0) is 30.3 Å². The average molecular weight is 299 g/mol. The van der Waals surface area contributed by atoms with Gasteiger partial charge in [0.05, 0.1) is 17.3 Å². The van der Waals surface area contributed by atoms with Crippen molar-refractivity contribution in [2.45, 2.75) is 11.4 Å². The first-order valence-corrected chi connectivity index (χ1v) is 7.16. The zero-order valence-electron chi connectivity index (χ0n) is 9.75. The largest absolute Gasteiger partial charge is 0.399 e. The molecular weight excluding hydrogens is 288 g/mol. The molecule has 0 bridgehead atoms. The number of rotatable bonds is 4. The lowest BCUT2D eigenvalue weighted by atomic mass is 10.3. The summed E-state index contributed by atoms with van der Waals surface area (Å²) in [5.74, 6) is 0. The van der Waals surface area contributed by atoms with Crippen LogP contribution in [-0.2, 0) is 16.6 Å². The molecule has 0 unspecified atom stereocenters. The quantitative estimate of drug-likeness (QED) is 0.826. The summed E-state index contributed by atoms with van der Waals surface area (Å²) in [7, 11) is -3.71. The van der Waals surface area contributed by atoms with Crippen LogP contribution in [0.5, 0.6) is 0 Å². The number of benzene rings is 1. The number of nitrogens with zero attached hydrogens (tertiary/aromatic N) is 2. The molecule has 3 N–H and O–H groups in total. The maximum Gasteiger partial charge on any atom is 0.242 e. The minimum absolute atomic E-state index is 0.0211. The Morgan fingerprint density at radius 1 is 1.32 bits per heavy atom. The highest BCUT2D eigenvalue weighted by atomic mass is 35.5. The molecule has 1 heterocycles. The van der Waals surface area contributed by atoms with E-state index in [1.807, 2.05) is 0 Å². The molecule has 0 aliphatic carbocycles. The summed E-state index contributed by atoms with van der Waals surface area (Å²) in [6.07, 6.45) is 1.51. The fraction of sp³-hybridized carbons (Fsp3) is 0.0909. The third kappa shape index (κ3) is 3.40. The van der Waals surface area contributed by atoms with Gasteiger partial charge in [-0.15, -0.1) is 0 Å². The second-order valence-electron chi connectivity index (χ2n) is 3.73. The van der Waals surface area contributed by atoms with Crippen molar-refractivity contribution in [3.05, 3.63) is 47.2 Å². The van der Waals surface area contributed by atoms with Crippen LogP contribution in [0, 0.1) is 0 Å². The van der Waals surface area contributed by atoms with Crippen molar-refractivity contribution < 1.29 is 8.42 Å². The van der Waals surface area contributed by atoms with Crippen LogP contribution in [0.3, 0.4) is 0 Å². The molecule has 0 radical (unpaired) electrons. The Hall–Kier alpha value is -1.70. The maximum atomic E-state index is 12.1. The Morgan fingerprint density at radius 2 is 2.11 bits per heavy atom. The van der Waals surface area contributed by atoms with Crippen LogP contribution < -0.4 is 10.5 Å². The van der Waals surface area contributed by atoms with Crippen molar-refractivity contribution in [3.63, 3.8) is 0 Å². The van der Waals surface area contributed by atoms with E-state index in [4.69, 9.17) is 17.3 Å². The SMILES string of the molecule is Nc1ccc(S(=O)(=O)NCc2cccnn2)c(Cl)c1. The second-order valence-corrected chi connectivity index (χ2v) is 5.87. The lowest BCUT2D eigenvalue weighted by Gasteiger charge is -2.08. The number of nitrogens with two attached hydrogens (primary N) is 1. The molecule has 0 aliphatic heterocycles. The summed E-state index contributed by atoms with van der Waals surface area (Å²) in [6.45, 7) is 0.0386. The van der Waals surface area contributed by atoms with Gasteiger partial charge < -0.3 is 5.73 Å². The van der Waals surface area contributed by atoms with Gasteiger partial charge >= 0.3 is 0 Å². The number of sulfonamides is 1. The Morgan fingerprint density at radius 3 is 2.74 bits per heavy atom. The molecular formula is C11H11ClN4O2S. The predicted molar refractivity (Wildman–Crippen MR) is 71.9 cm³/mol. The lowest BCUT2D eigenvalue weighted by molar-refractivity contribution is 0.580. The summed E-state index contributed by atoms with van der Waals surface area (Å²) in [5, 5.41) is 7.52. The van der Waals surface area contributed by atoms with Crippen molar-refractivity contribution >= 4 is 27.3 Å². The molecule has 0 fully saturated rings. The third-order valence-electron chi connectivity index (χ3n) is 2.32. The highest BCUT2D eigenvalue weighted by Gasteiger charge is 2.17. The summed E-state index contributed by atoms with van der Waals surface area (Å²) < 4.78 is 26.5. The van der Waals surface area contributed by atoms with Gasteiger partial charge in [0, 0.05) is 11.9 Å². The van der Waals surface area contributed by atoms with E-state index in [1.54, 1.807) is 12.1 Å². The van der Waals surface area contributed by atoms with E-state index in [-0.39, 0.29) is 16.5 Å². The average Bonchev–Trinajstić information content (AvgIpc) is 2.37. The number of aromatic nitrogens is 2. The van der Waals surface area contributed by atoms with E-state index >= 15 is 0 Å². The number of anilines is 1. The Bertz CT molecular complexity index is 676. The zero-order chi connectivity index (χ0) is 13.9. The first kappa shape index (κ1) is 13.7. The van der Waals surface area contributed by atoms with E-state index in [0.717, 1.165) is 0 Å². The second kappa shape index (κ2) is 5.52. The summed E-state index contributed by atoms with van der Waals surface area (Å²) in [4.78, 5) is -0.0211. The molecule has 19 heavy (non-hydrogen) atoms. The zero-order valence-corrected chi connectivity index (χ0v) is 11.3. The standard InChI is InChI=1S/C11H11ClN4O2S/c12-10-6-8(13)3-4-11(10)19(17,18)15-7-9-2-1-5-14-16-9/h1-6,15H,7,13H2. The first-order chi connectivity index (χ1) is 8.99. The van der Waals surface area contributed by atoms with E-state index < -0.39 is 10.0 Å². The number of hydrogen-bond acceptors (Lipinski definition) is 5. The monoisotopic (exact) mass is 298 g/mol. The van der Waals surface area contributed by atoms with Gasteiger partial charge in [0.25, 0.3) is 0 Å². The molecule has 0 aliphatic rings. The van der Waals surface area contributed by atoms with Crippen molar-refractivity contribution in [2.75, 3.05) is 5.73 Å². The molecule has 100 valence electrons. The Balaban J connectivity index is 2.19. The van der Waals surface area contributed by atoms with Gasteiger partial charge in [0.15, 0.2) is 0 Å². The van der Waals surface area contributed by atoms with Crippen LogP contribution in [-0.4, -0.2) is 18.6 Å².